The molecule has 0 radical (unpaired) electrons. The second-order valence-electron chi connectivity index (χ2n) is 9.93. The number of carbonyl (C=O) groups excluding carboxylic acids is 2. The van der Waals surface area contributed by atoms with Gasteiger partial charge in [0.1, 0.15) is 6.54 Å². The third-order valence-electron chi connectivity index (χ3n) is 7.52. The summed E-state index contributed by atoms with van der Waals surface area (Å²) >= 11 is 0. The molecule has 2 N–H and O–H groups in total. The van der Waals surface area contributed by atoms with Crippen molar-refractivity contribution in [3.63, 3.8) is 0 Å². The molecule has 7 nitrogen and oxygen atoms in total. The highest BCUT2D eigenvalue weighted by molar-refractivity contribution is 6.10. The van der Waals surface area contributed by atoms with Gasteiger partial charge in [-0.05, 0) is 73.4 Å². The predicted molar refractivity (Wildman–Crippen MR) is 137 cm³/mol. The molecule has 1 atom stereocenters. The van der Waals surface area contributed by atoms with E-state index in [1.165, 1.54) is 0 Å². The molecule has 2 amide bonds. The zero-order valence-electron chi connectivity index (χ0n) is 20.1. The SMILES string of the molecule is O=C(CN(C(=O)c1ccc2cc[nH]c2c1)c1ccccc1)N1CCC(CN2CC[C@H](CO)C2)CC1. The Morgan fingerprint density at radius 2 is 1.74 bits per heavy atom. The summed E-state index contributed by atoms with van der Waals surface area (Å²) in [5.41, 5.74) is 2.18. The van der Waals surface area contributed by atoms with Gasteiger partial charge < -0.3 is 19.9 Å². The van der Waals surface area contributed by atoms with Crippen molar-refractivity contribution in [2.24, 2.45) is 11.8 Å². The van der Waals surface area contributed by atoms with E-state index in [0.29, 0.717) is 17.4 Å². The predicted octanol–water partition coefficient (Wildman–Crippen LogP) is 3.37. The quantitative estimate of drug-likeness (QED) is 0.550. The molecule has 2 aliphatic heterocycles. The van der Waals surface area contributed by atoms with Crippen LogP contribution in [-0.2, 0) is 4.79 Å². The molecule has 7 heteroatoms. The molecule has 35 heavy (non-hydrogen) atoms. The van der Waals surface area contributed by atoms with Crippen LogP contribution in [0.15, 0.2) is 60.8 Å². The molecule has 2 aromatic carbocycles. The number of piperidine rings is 1. The molecule has 3 aromatic rings. The monoisotopic (exact) mass is 474 g/mol. The minimum absolute atomic E-state index is 0.0110. The number of H-pyrrole nitrogens is 1. The van der Waals surface area contributed by atoms with Crippen molar-refractivity contribution in [1.29, 1.82) is 0 Å². The van der Waals surface area contributed by atoms with Crippen LogP contribution in [0.5, 0.6) is 0 Å². The average Bonchev–Trinajstić information content (AvgIpc) is 3.56. The largest absolute Gasteiger partial charge is 0.396 e. The fourth-order valence-electron chi connectivity index (χ4n) is 5.42. The second-order valence-corrected chi connectivity index (χ2v) is 9.93. The van der Waals surface area contributed by atoms with Crippen LogP contribution in [-0.4, -0.2) is 77.6 Å². The van der Waals surface area contributed by atoms with E-state index in [-0.39, 0.29) is 25.0 Å². The van der Waals surface area contributed by atoms with E-state index in [4.69, 9.17) is 0 Å². The van der Waals surface area contributed by atoms with Gasteiger partial charge in [-0.15, -0.1) is 0 Å². The van der Waals surface area contributed by atoms with Gasteiger partial charge in [-0.1, -0.05) is 24.3 Å². The number of carbonyl (C=O) groups is 2. The summed E-state index contributed by atoms with van der Waals surface area (Å²) in [5, 5.41) is 10.4. The first kappa shape index (κ1) is 23.6. The van der Waals surface area contributed by atoms with Gasteiger partial charge in [0.25, 0.3) is 5.91 Å². The summed E-state index contributed by atoms with van der Waals surface area (Å²) < 4.78 is 0. The molecule has 0 unspecified atom stereocenters. The summed E-state index contributed by atoms with van der Waals surface area (Å²) in [6.07, 6.45) is 4.90. The van der Waals surface area contributed by atoms with Gasteiger partial charge in [-0.2, -0.15) is 0 Å². The molecule has 2 aliphatic rings. The van der Waals surface area contributed by atoms with Crippen LogP contribution >= 0.6 is 0 Å². The standard InChI is InChI=1S/C28H34N4O3/c33-20-22-9-13-30(18-22)17-21-10-14-31(15-11-21)27(34)19-32(25-4-2-1-3-5-25)28(35)24-7-6-23-8-12-29-26(23)16-24/h1-8,12,16,21-22,29,33H,9-11,13-15,17-20H2/t22-/m0/s1. The number of aromatic nitrogens is 1. The lowest BCUT2D eigenvalue weighted by Gasteiger charge is -2.35. The fourth-order valence-corrected chi connectivity index (χ4v) is 5.42. The number of hydrogen-bond acceptors (Lipinski definition) is 4. The van der Waals surface area contributed by atoms with E-state index >= 15 is 0 Å². The number of fused-ring (bicyclic) bond motifs is 1. The van der Waals surface area contributed by atoms with Crippen LogP contribution < -0.4 is 4.90 Å². The van der Waals surface area contributed by atoms with E-state index in [0.717, 1.165) is 68.6 Å². The summed E-state index contributed by atoms with van der Waals surface area (Å²) in [4.78, 5) is 36.0. The summed E-state index contributed by atoms with van der Waals surface area (Å²) in [6.45, 7) is 4.86. The number of nitrogens with one attached hydrogen (secondary N) is 1. The summed E-state index contributed by atoms with van der Waals surface area (Å²) in [5.74, 6) is 0.804. The molecular formula is C28H34N4O3. The van der Waals surface area contributed by atoms with Crippen molar-refractivity contribution in [3.8, 4) is 0 Å². The summed E-state index contributed by atoms with van der Waals surface area (Å²) in [7, 11) is 0. The molecule has 0 bridgehead atoms. The van der Waals surface area contributed by atoms with Gasteiger partial charge in [0.15, 0.2) is 0 Å². The number of anilines is 1. The van der Waals surface area contributed by atoms with Gasteiger partial charge in [-0.25, -0.2) is 0 Å². The van der Waals surface area contributed by atoms with Gasteiger partial charge in [0.05, 0.1) is 0 Å². The average molecular weight is 475 g/mol. The number of para-hydroxylation sites is 1. The highest BCUT2D eigenvalue weighted by Crippen LogP contribution is 2.24. The number of likely N-dealkylation sites (tertiary alicyclic amines) is 2. The maximum Gasteiger partial charge on any atom is 0.258 e. The van der Waals surface area contributed by atoms with Crippen LogP contribution in [0.4, 0.5) is 5.69 Å². The van der Waals surface area contributed by atoms with Crippen molar-refractivity contribution in [1.82, 2.24) is 14.8 Å². The Kier molecular flexibility index (Phi) is 7.16. The van der Waals surface area contributed by atoms with Gasteiger partial charge in [-0.3, -0.25) is 14.5 Å². The Bertz CT molecular complexity index is 1150. The molecule has 2 fully saturated rings. The minimum atomic E-state index is -0.177. The molecule has 0 saturated carbocycles. The summed E-state index contributed by atoms with van der Waals surface area (Å²) in [6, 6.07) is 17.0. The lowest BCUT2D eigenvalue weighted by atomic mass is 9.96. The van der Waals surface area contributed by atoms with Crippen molar-refractivity contribution in [3.05, 3.63) is 66.4 Å². The molecule has 0 spiro atoms. The molecule has 5 rings (SSSR count). The first-order valence-electron chi connectivity index (χ1n) is 12.7. The highest BCUT2D eigenvalue weighted by Gasteiger charge is 2.29. The Morgan fingerprint density at radius 1 is 0.971 bits per heavy atom. The van der Waals surface area contributed by atoms with E-state index in [1.54, 1.807) is 4.90 Å². The smallest absolute Gasteiger partial charge is 0.258 e. The van der Waals surface area contributed by atoms with Crippen LogP contribution in [0, 0.1) is 11.8 Å². The molecule has 184 valence electrons. The van der Waals surface area contributed by atoms with Crippen LogP contribution in [0.3, 0.4) is 0 Å². The zero-order valence-corrected chi connectivity index (χ0v) is 20.1. The molecule has 2 saturated heterocycles. The molecular weight excluding hydrogens is 440 g/mol. The number of benzene rings is 2. The molecule has 1 aromatic heterocycles. The number of aliphatic hydroxyl groups is 1. The van der Waals surface area contributed by atoms with E-state index in [1.807, 2.05) is 65.7 Å². The fraction of sp³-hybridized carbons (Fsp3) is 0.429. The number of aromatic amines is 1. The van der Waals surface area contributed by atoms with Crippen molar-refractivity contribution < 1.29 is 14.7 Å². The minimum Gasteiger partial charge on any atom is -0.396 e. The van der Waals surface area contributed by atoms with Gasteiger partial charge >= 0.3 is 0 Å². The van der Waals surface area contributed by atoms with E-state index < -0.39 is 0 Å². The normalized spacial score (nSPS) is 19.3. The lowest BCUT2D eigenvalue weighted by molar-refractivity contribution is -0.131. The van der Waals surface area contributed by atoms with Gasteiger partial charge in [0.2, 0.25) is 5.91 Å². The number of nitrogens with zero attached hydrogens (tertiary/aromatic N) is 3. The molecule has 0 aliphatic carbocycles. The van der Waals surface area contributed by atoms with Crippen molar-refractivity contribution in [2.45, 2.75) is 19.3 Å². The zero-order chi connectivity index (χ0) is 24.2. The number of hydrogen-bond donors (Lipinski definition) is 2. The number of aliphatic hydroxyl groups excluding tert-OH is 1. The Hall–Kier alpha value is -3.16. The Balaban J connectivity index is 1.23. The van der Waals surface area contributed by atoms with E-state index in [2.05, 4.69) is 9.88 Å². The third-order valence-corrected chi connectivity index (χ3v) is 7.52. The van der Waals surface area contributed by atoms with Gasteiger partial charge in [0, 0.05) is 55.8 Å². The number of amides is 2. The molecule has 3 heterocycles. The number of rotatable bonds is 7. The maximum atomic E-state index is 13.5. The first-order valence-corrected chi connectivity index (χ1v) is 12.7. The van der Waals surface area contributed by atoms with Crippen molar-refractivity contribution >= 4 is 28.4 Å². The van der Waals surface area contributed by atoms with Crippen molar-refractivity contribution in [2.75, 3.05) is 50.8 Å². The first-order chi connectivity index (χ1) is 17.1. The van der Waals surface area contributed by atoms with E-state index in [9.17, 15) is 14.7 Å². The van der Waals surface area contributed by atoms with Crippen LogP contribution in [0.1, 0.15) is 29.6 Å². The Labute approximate surface area is 206 Å². The Morgan fingerprint density at radius 3 is 2.49 bits per heavy atom. The highest BCUT2D eigenvalue weighted by atomic mass is 16.3. The second kappa shape index (κ2) is 10.6. The maximum absolute atomic E-state index is 13.5. The third kappa shape index (κ3) is 5.41. The van der Waals surface area contributed by atoms with Crippen LogP contribution in [0.2, 0.25) is 0 Å². The van der Waals surface area contributed by atoms with Crippen LogP contribution in [0.25, 0.3) is 10.9 Å². The lowest BCUT2D eigenvalue weighted by Crippen LogP contribution is -2.47. The topological polar surface area (TPSA) is 79.9 Å².